The molecule has 2 rings (SSSR count). The highest BCUT2D eigenvalue weighted by molar-refractivity contribution is 6.30. The van der Waals surface area contributed by atoms with E-state index < -0.39 is 0 Å². The first kappa shape index (κ1) is 15.6. The Bertz CT molecular complexity index is 327. The average Bonchev–Trinajstić information content (AvgIpc) is 2.38. The van der Waals surface area contributed by atoms with Gasteiger partial charge in [-0.1, -0.05) is 6.92 Å². The number of alkyl halides is 2. The molecule has 1 aliphatic heterocycles. The Balaban J connectivity index is 1.87. The van der Waals surface area contributed by atoms with Gasteiger partial charge in [0, 0.05) is 17.8 Å². The third-order valence-corrected chi connectivity index (χ3v) is 5.75. The van der Waals surface area contributed by atoms with Crippen molar-refractivity contribution in [1.29, 1.82) is 0 Å². The van der Waals surface area contributed by atoms with E-state index in [9.17, 15) is 4.79 Å². The van der Waals surface area contributed by atoms with Crippen LogP contribution in [0.5, 0.6) is 0 Å². The van der Waals surface area contributed by atoms with Crippen LogP contribution in [0.15, 0.2) is 0 Å². The topological polar surface area (TPSA) is 46.3 Å². The van der Waals surface area contributed by atoms with Crippen molar-refractivity contribution in [3.8, 4) is 0 Å². The largest absolute Gasteiger partial charge is 0.315 e. The summed E-state index contributed by atoms with van der Waals surface area (Å²) in [4.78, 5) is 14.5. The molecule has 1 heterocycles. The number of hydrogen-bond donors (Lipinski definition) is 1. The van der Waals surface area contributed by atoms with Crippen LogP contribution in [0.3, 0.4) is 0 Å². The Morgan fingerprint density at radius 2 is 2.00 bits per heavy atom. The zero-order valence-corrected chi connectivity index (χ0v) is 13.0. The van der Waals surface area contributed by atoms with E-state index in [1.54, 1.807) is 0 Å². The number of Topliss-reactive ketones (excluding diaryl/α,β-unsaturated/α-hetero) is 1. The molecule has 2 aliphatic rings. The highest BCUT2D eigenvalue weighted by atomic mass is 35.5. The summed E-state index contributed by atoms with van der Waals surface area (Å²) in [6.45, 7) is 3.58. The molecular weight excluding hydrogens is 283 g/mol. The molecular formula is C14H24Cl2N2O. The molecule has 0 aromatic carbocycles. The molecule has 0 spiro atoms. The van der Waals surface area contributed by atoms with Gasteiger partial charge in [0.15, 0.2) is 0 Å². The molecule has 1 saturated carbocycles. The Hall–Kier alpha value is 0.170. The highest BCUT2D eigenvalue weighted by Gasteiger charge is 2.34. The molecule has 2 fully saturated rings. The summed E-state index contributed by atoms with van der Waals surface area (Å²) in [5, 5.41) is -0.0543. The summed E-state index contributed by atoms with van der Waals surface area (Å²) in [5.74, 6) is 0.835. The van der Waals surface area contributed by atoms with Gasteiger partial charge in [0.2, 0.25) is 0 Å². The van der Waals surface area contributed by atoms with Gasteiger partial charge < -0.3 is 5.73 Å². The zero-order chi connectivity index (χ0) is 14.0. The van der Waals surface area contributed by atoms with Gasteiger partial charge in [-0.15, -0.1) is 23.2 Å². The van der Waals surface area contributed by atoms with E-state index in [0.29, 0.717) is 24.7 Å². The van der Waals surface area contributed by atoms with Gasteiger partial charge in [-0.25, -0.2) is 0 Å². The maximum absolute atomic E-state index is 12.4. The predicted octanol–water partition coefficient (Wildman–Crippen LogP) is 2.59. The van der Waals surface area contributed by atoms with Crippen LogP contribution >= 0.6 is 23.2 Å². The molecule has 1 saturated heterocycles. The molecule has 0 aromatic heterocycles. The average molecular weight is 307 g/mol. The number of rotatable bonds is 3. The Morgan fingerprint density at radius 1 is 1.26 bits per heavy atom. The molecule has 2 N–H and O–H groups in total. The van der Waals surface area contributed by atoms with Crippen molar-refractivity contribution in [1.82, 2.24) is 4.90 Å². The first-order chi connectivity index (χ1) is 8.99. The van der Waals surface area contributed by atoms with E-state index >= 15 is 0 Å². The van der Waals surface area contributed by atoms with Crippen LogP contribution in [0.1, 0.15) is 39.0 Å². The lowest BCUT2D eigenvalue weighted by Crippen LogP contribution is -2.52. The molecule has 0 bridgehead atoms. The van der Waals surface area contributed by atoms with Crippen LogP contribution in [-0.2, 0) is 4.79 Å². The number of carbonyl (C=O) groups is 1. The summed E-state index contributed by atoms with van der Waals surface area (Å²) in [5.41, 5.74) is 6.18. The van der Waals surface area contributed by atoms with E-state index in [1.165, 1.54) is 0 Å². The molecule has 3 nitrogen and oxygen atoms in total. The first-order valence-corrected chi connectivity index (χ1v) is 8.16. The van der Waals surface area contributed by atoms with E-state index in [0.717, 1.165) is 32.2 Å². The second-order valence-electron chi connectivity index (χ2n) is 6.09. The van der Waals surface area contributed by atoms with E-state index in [1.807, 2.05) is 0 Å². The van der Waals surface area contributed by atoms with Crippen LogP contribution in [-0.4, -0.2) is 40.7 Å². The monoisotopic (exact) mass is 306 g/mol. The van der Waals surface area contributed by atoms with E-state index in [2.05, 4.69) is 11.8 Å². The van der Waals surface area contributed by atoms with Gasteiger partial charge >= 0.3 is 0 Å². The summed E-state index contributed by atoms with van der Waals surface area (Å²) in [6, 6.07) is 0. The van der Waals surface area contributed by atoms with Crippen molar-refractivity contribution in [3.63, 3.8) is 0 Å². The SMILES string of the molecule is CC1CCCN(CC(=O)C2CCC(Cl)C(Cl)C2)C1N. The van der Waals surface area contributed by atoms with Crippen molar-refractivity contribution in [3.05, 3.63) is 0 Å². The third kappa shape index (κ3) is 3.84. The van der Waals surface area contributed by atoms with Crippen LogP contribution in [0.25, 0.3) is 0 Å². The number of nitrogens with zero attached hydrogens (tertiary/aromatic N) is 1. The number of ketones is 1. The lowest BCUT2D eigenvalue weighted by Gasteiger charge is -2.38. The standard InChI is InChI=1S/C14H24Cl2N2O/c1-9-3-2-6-18(14(9)17)8-13(19)10-4-5-11(15)12(16)7-10/h9-12,14H,2-8,17H2,1H3. The maximum atomic E-state index is 12.4. The zero-order valence-electron chi connectivity index (χ0n) is 11.5. The Labute approximate surface area is 125 Å². The lowest BCUT2D eigenvalue weighted by molar-refractivity contribution is -0.126. The molecule has 5 heteroatoms. The fourth-order valence-electron chi connectivity index (χ4n) is 3.18. The van der Waals surface area contributed by atoms with Gasteiger partial charge in [-0.05, 0) is 38.0 Å². The summed E-state index contributed by atoms with van der Waals surface area (Å²) in [7, 11) is 0. The maximum Gasteiger partial charge on any atom is 0.150 e. The number of hydrogen-bond acceptors (Lipinski definition) is 3. The quantitative estimate of drug-likeness (QED) is 0.815. The Morgan fingerprint density at radius 3 is 2.68 bits per heavy atom. The van der Waals surface area contributed by atoms with Crippen LogP contribution in [0.2, 0.25) is 0 Å². The second-order valence-corrected chi connectivity index (χ2v) is 7.21. The van der Waals surface area contributed by atoms with Crippen molar-refractivity contribution in [2.24, 2.45) is 17.6 Å². The molecule has 0 radical (unpaired) electrons. The second kappa shape index (κ2) is 6.75. The van der Waals surface area contributed by atoms with E-state index in [4.69, 9.17) is 28.9 Å². The van der Waals surface area contributed by atoms with Gasteiger partial charge in [0.25, 0.3) is 0 Å². The predicted molar refractivity (Wildman–Crippen MR) is 79.6 cm³/mol. The molecule has 1 aliphatic carbocycles. The van der Waals surface area contributed by atoms with Crippen LogP contribution in [0.4, 0.5) is 0 Å². The van der Waals surface area contributed by atoms with Crippen molar-refractivity contribution >= 4 is 29.0 Å². The van der Waals surface area contributed by atoms with Gasteiger partial charge in [0.05, 0.1) is 18.1 Å². The fourth-order valence-corrected chi connectivity index (χ4v) is 3.75. The van der Waals surface area contributed by atoms with Crippen LogP contribution < -0.4 is 5.73 Å². The van der Waals surface area contributed by atoms with Gasteiger partial charge in [0.1, 0.15) is 5.78 Å². The molecule has 19 heavy (non-hydrogen) atoms. The molecule has 5 atom stereocenters. The van der Waals surface area contributed by atoms with Crippen LogP contribution in [0, 0.1) is 11.8 Å². The van der Waals surface area contributed by atoms with E-state index in [-0.39, 0.29) is 22.8 Å². The summed E-state index contributed by atoms with van der Waals surface area (Å²) < 4.78 is 0. The van der Waals surface area contributed by atoms with Crippen molar-refractivity contribution in [2.45, 2.75) is 55.9 Å². The van der Waals surface area contributed by atoms with Crippen molar-refractivity contribution < 1.29 is 4.79 Å². The normalized spacial score (nSPS) is 41.2. The number of likely N-dealkylation sites (tertiary alicyclic amines) is 1. The number of halogens is 2. The van der Waals surface area contributed by atoms with Crippen molar-refractivity contribution in [2.75, 3.05) is 13.1 Å². The summed E-state index contributed by atoms with van der Waals surface area (Å²) >= 11 is 12.3. The fraction of sp³-hybridized carbons (Fsp3) is 0.929. The minimum absolute atomic E-state index is 0.0167. The summed E-state index contributed by atoms with van der Waals surface area (Å²) in [6.07, 6.45) is 4.74. The third-order valence-electron chi connectivity index (χ3n) is 4.62. The molecule has 5 unspecified atom stereocenters. The first-order valence-electron chi connectivity index (χ1n) is 7.29. The highest BCUT2D eigenvalue weighted by Crippen LogP contribution is 2.32. The van der Waals surface area contributed by atoms with Gasteiger partial charge in [-0.2, -0.15) is 0 Å². The smallest absolute Gasteiger partial charge is 0.150 e. The number of piperidine rings is 1. The molecule has 0 aromatic rings. The minimum atomic E-state index is -0.0710. The van der Waals surface area contributed by atoms with Gasteiger partial charge in [-0.3, -0.25) is 9.69 Å². The molecule has 110 valence electrons. The lowest BCUT2D eigenvalue weighted by atomic mass is 9.85. The minimum Gasteiger partial charge on any atom is -0.315 e. The Kier molecular flexibility index (Phi) is 5.53. The number of nitrogens with two attached hydrogens (primary N) is 1. The molecule has 0 amide bonds. The number of carbonyl (C=O) groups excluding carboxylic acids is 1.